The molecule has 0 radical (unpaired) electrons. The monoisotopic (exact) mass is 219 g/mol. The highest BCUT2D eigenvalue weighted by Gasteiger charge is 2.28. The molecule has 0 spiro atoms. The van der Waals surface area contributed by atoms with Crippen molar-refractivity contribution in [2.75, 3.05) is 6.61 Å². The van der Waals surface area contributed by atoms with E-state index in [-0.39, 0.29) is 12.4 Å². The fraction of sp³-hybridized carbons (Fsp3) is 0.857. The second kappa shape index (κ2) is 7.00. The van der Waals surface area contributed by atoms with Gasteiger partial charge in [-0.05, 0) is 12.8 Å². The molecular formula is C7H13ClF3NO. The maximum atomic E-state index is 11.5. The van der Waals surface area contributed by atoms with E-state index in [1.807, 2.05) is 13.8 Å². The summed E-state index contributed by atoms with van der Waals surface area (Å²) in [6, 6.07) is 0. The van der Waals surface area contributed by atoms with Gasteiger partial charge in [0.15, 0.2) is 0 Å². The lowest BCUT2D eigenvalue weighted by atomic mass is 10.2. The van der Waals surface area contributed by atoms with Gasteiger partial charge in [-0.3, -0.25) is 0 Å². The molecule has 0 aromatic carbocycles. The van der Waals surface area contributed by atoms with Crippen LogP contribution in [0, 0.1) is 0 Å². The van der Waals surface area contributed by atoms with Crippen molar-refractivity contribution in [3.8, 4) is 0 Å². The Hall–Kier alpha value is -0.450. The Labute approximate surface area is 81.5 Å². The van der Waals surface area contributed by atoms with Crippen molar-refractivity contribution >= 4 is 18.1 Å². The average molecular weight is 220 g/mol. The number of rotatable bonds is 4. The first kappa shape index (κ1) is 15.0. The molecule has 2 nitrogen and oxygen atoms in total. The minimum Gasteiger partial charge on any atom is -0.386 e. The van der Waals surface area contributed by atoms with Crippen LogP contribution in [-0.4, -0.2) is 18.5 Å². The van der Waals surface area contributed by atoms with Crippen LogP contribution in [0.2, 0.25) is 0 Å². The highest BCUT2D eigenvalue weighted by molar-refractivity contribution is 5.85. The van der Waals surface area contributed by atoms with Crippen molar-refractivity contribution in [2.24, 2.45) is 5.16 Å². The normalized spacial score (nSPS) is 10.2. The Morgan fingerprint density at radius 2 is 1.69 bits per heavy atom. The summed E-state index contributed by atoms with van der Waals surface area (Å²) < 4.78 is 34.6. The van der Waals surface area contributed by atoms with Crippen molar-refractivity contribution in [1.29, 1.82) is 0 Å². The van der Waals surface area contributed by atoms with Gasteiger partial charge in [-0.2, -0.15) is 13.2 Å². The maximum absolute atomic E-state index is 11.5. The van der Waals surface area contributed by atoms with E-state index in [0.29, 0.717) is 18.6 Å². The molecule has 0 saturated carbocycles. The number of hydrogen-bond acceptors (Lipinski definition) is 2. The third-order valence-corrected chi connectivity index (χ3v) is 1.24. The molecule has 0 saturated heterocycles. The van der Waals surface area contributed by atoms with Crippen LogP contribution < -0.4 is 0 Å². The summed E-state index contributed by atoms with van der Waals surface area (Å²) in [6.45, 7) is 2.33. The molecular weight excluding hydrogens is 207 g/mol. The summed E-state index contributed by atoms with van der Waals surface area (Å²) in [5.74, 6) is 0. The van der Waals surface area contributed by atoms with Crippen LogP contribution in [0.25, 0.3) is 0 Å². The summed E-state index contributed by atoms with van der Waals surface area (Å²) in [5, 5.41) is 3.34. The summed E-state index contributed by atoms with van der Waals surface area (Å²) in [4.78, 5) is 4.10. The van der Waals surface area contributed by atoms with Gasteiger partial charge in [0.2, 0.25) is 6.61 Å². The predicted molar refractivity (Wildman–Crippen MR) is 47.3 cm³/mol. The van der Waals surface area contributed by atoms with Crippen molar-refractivity contribution < 1.29 is 18.0 Å². The van der Waals surface area contributed by atoms with Crippen LogP contribution in [0.3, 0.4) is 0 Å². The highest BCUT2D eigenvalue weighted by Crippen LogP contribution is 2.14. The molecule has 0 aliphatic heterocycles. The van der Waals surface area contributed by atoms with Crippen LogP contribution in [0.5, 0.6) is 0 Å². The van der Waals surface area contributed by atoms with E-state index in [1.165, 1.54) is 0 Å². The Kier molecular flexibility index (Phi) is 8.10. The zero-order valence-electron chi connectivity index (χ0n) is 7.52. The van der Waals surface area contributed by atoms with Crippen LogP contribution in [0.15, 0.2) is 5.16 Å². The van der Waals surface area contributed by atoms with E-state index in [9.17, 15) is 13.2 Å². The summed E-state index contributed by atoms with van der Waals surface area (Å²) in [7, 11) is 0. The lowest BCUT2D eigenvalue weighted by Gasteiger charge is -2.04. The van der Waals surface area contributed by atoms with E-state index in [4.69, 9.17) is 0 Å². The third-order valence-electron chi connectivity index (χ3n) is 1.24. The molecule has 0 heterocycles. The smallest absolute Gasteiger partial charge is 0.386 e. The van der Waals surface area contributed by atoms with E-state index < -0.39 is 12.8 Å². The minimum absolute atomic E-state index is 0. The largest absolute Gasteiger partial charge is 0.425 e. The Bertz CT molecular complexity index is 152. The van der Waals surface area contributed by atoms with Gasteiger partial charge in [-0.1, -0.05) is 19.0 Å². The average Bonchev–Trinajstić information content (AvgIpc) is 1.96. The predicted octanol–water partition coefficient (Wildman–Crippen LogP) is 3.16. The second-order valence-electron chi connectivity index (χ2n) is 2.25. The Morgan fingerprint density at radius 1 is 1.23 bits per heavy atom. The van der Waals surface area contributed by atoms with Gasteiger partial charge in [0.25, 0.3) is 0 Å². The fourth-order valence-corrected chi connectivity index (χ4v) is 0.576. The van der Waals surface area contributed by atoms with Gasteiger partial charge in [0.05, 0.1) is 5.71 Å². The molecule has 0 atom stereocenters. The van der Waals surface area contributed by atoms with Gasteiger partial charge < -0.3 is 4.84 Å². The van der Waals surface area contributed by atoms with Gasteiger partial charge in [0.1, 0.15) is 0 Å². The zero-order chi connectivity index (χ0) is 9.61. The molecule has 80 valence electrons. The Balaban J connectivity index is 0. The number of oxime groups is 1. The van der Waals surface area contributed by atoms with E-state index in [1.54, 1.807) is 0 Å². The first-order valence-electron chi connectivity index (χ1n) is 3.74. The fourth-order valence-electron chi connectivity index (χ4n) is 0.576. The molecule has 0 unspecified atom stereocenters. The first-order chi connectivity index (χ1) is 5.49. The SMILES string of the molecule is CCC(CC)=NOCC(F)(F)F.Cl. The zero-order valence-corrected chi connectivity index (χ0v) is 8.34. The summed E-state index contributed by atoms with van der Waals surface area (Å²) in [5.41, 5.74) is 0.638. The second-order valence-corrected chi connectivity index (χ2v) is 2.25. The van der Waals surface area contributed by atoms with Crippen LogP contribution in [0.1, 0.15) is 26.7 Å². The third kappa shape index (κ3) is 9.46. The van der Waals surface area contributed by atoms with E-state index in [0.717, 1.165) is 0 Å². The van der Waals surface area contributed by atoms with Crippen molar-refractivity contribution in [1.82, 2.24) is 0 Å². The van der Waals surface area contributed by atoms with Gasteiger partial charge in [0, 0.05) is 0 Å². The van der Waals surface area contributed by atoms with Crippen LogP contribution >= 0.6 is 12.4 Å². The molecule has 0 aliphatic rings. The summed E-state index contributed by atoms with van der Waals surface area (Å²) in [6.07, 6.45) is -3.06. The quantitative estimate of drug-likeness (QED) is 0.526. The van der Waals surface area contributed by atoms with Crippen molar-refractivity contribution in [3.05, 3.63) is 0 Å². The maximum Gasteiger partial charge on any atom is 0.425 e. The van der Waals surface area contributed by atoms with E-state index in [2.05, 4.69) is 9.99 Å². The molecule has 0 bridgehead atoms. The van der Waals surface area contributed by atoms with E-state index >= 15 is 0 Å². The van der Waals surface area contributed by atoms with Gasteiger partial charge in [-0.25, -0.2) is 0 Å². The molecule has 0 rings (SSSR count). The molecule has 6 heteroatoms. The van der Waals surface area contributed by atoms with Crippen molar-refractivity contribution in [2.45, 2.75) is 32.9 Å². The van der Waals surface area contributed by atoms with Crippen molar-refractivity contribution in [3.63, 3.8) is 0 Å². The molecule has 0 fully saturated rings. The van der Waals surface area contributed by atoms with Gasteiger partial charge >= 0.3 is 6.18 Å². The lowest BCUT2D eigenvalue weighted by molar-refractivity contribution is -0.173. The van der Waals surface area contributed by atoms with Crippen LogP contribution in [0.4, 0.5) is 13.2 Å². The number of hydrogen-bond donors (Lipinski definition) is 0. The first-order valence-corrected chi connectivity index (χ1v) is 3.74. The van der Waals surface area contributed by atoms with Gasteiger partial charge in [-0.15, -0.1) is 12.4 Å². The summed E-state index contributed by atoms with van der Waals surface area (Å²) >= 11 is 0. The number of halogens is 4. The molecule has 0 aliphatic carbocycles. The Morgan fingerprint density at radius 3 is 2.00 bits per heavy atom. The standard InChI is InChI=1S/C7H12F3NO.ClH/c1-3-6(4-2)11-12-5-7(8,9)10;/h3-5H2,1-2H3;1H. The lowest BCUT2D eigenvalue weighted by Crippen LogP contribution is -2.15. The molecule has 0 aromatic heterocycles. The highest BCUT2D eigenvalue weighted by atomic mass is 35.5. The molecule has 0 N–H and O–H groups in total. The topological polar surface area (TPSA) is 21.6 Å². The molecule has 0 amide bonds. The number of nitrogens with zero attached hydrogens (tertiary/aromatic N) is 1. The molecule has 0 aromatic rings. The molecule has 13 heavy (non-hydrogen) atoms. The van der Waals surface area contributed by atoms with Crippen LogP contribution in [-0.2, 0) is 4.84 Å². The number of alkyl halides is 3. The minimum atomic E-state index is -4.30.